The molecule has 0 unspecified atom stereocenters. The Kier molecular flexibility index (Phi) is 5.77. The maximum atomic E-state index is 13.6. The highest BCUT2D eigenvalue weighted by Crippen LogP contribution is 2.18. The zero-order chi connectivity index (χ0) is 15.9. The molecule has 2 aromatic carbocycles. The molecule has 1 N–H and O–H groups in total. The van der Waals surface area contributed by atoms with Crippen molar-refractivity contribution < 1.29 is 18.7 Å². The van der Waals surface area contributed by atoms with Crippen LogP contribution < -0.4 is 14.8 Å². The Bertz CT molecular complexity index is 664. The topological polar surface area (TPSA) is 47.6 Å². The van der Waals surface area contributed by atoms with Gasteiger partial charge in [0.2, 0.25) is 0 Å². The van der Waals surface area contributed by atoms with Crippen molar-refractivity contribution in [3.63, 3.8) is 0 Å². The Balaban J connectivity index is 1.83. The third-order valence-corrected chi connectivity index (χ3v) is 3.36. The second-order valence-electron chi connectivity index (χ2n) is 4.41. The minimum absolute atomic E-state index is 0.00393. The summed E-state index contributed by atoms with van der Waals surface area (Å²) in [6.07, 6.45) is 0. The highest BCUT2D eigenvalue weighted by molar-refractivity contribution is 9.10. The Hall–Kier alpha value is -2.08. The van der Waals surface area contributed by atoms with Gasteiger partial charge in [-0.15, -0.1) is 0 Å². The van der Waals surface area contributed by atoms with Crippen LogP contribution in [0.4, 0.5) is 4.39 Å². The van der Waals surface area contributed by atoms with E-state index in [4.69, 9.17) is 9.47 Å². The number of halogens is 2. The number of carbonyl (C=O) groups is 1. The van der Waals surface area contributed by atoms with E-state index in [1.54, 1.807) is 19.2 Å². The first-order valence-electron chi connectivity index (χ1n) is 6.60. The molecule has 0 radical (unpaired) electrons. The fourth-order valence-electron chi connectivity index (χ4n) is 1.79. The van der Waals surface area contributed by atoms with Gasteiger partial charge in [0.25, 0.3) is 5.91 Å². The number of amides is 1. The van der Waals surface area contributed by atoms with Crippen LogP contribution in [0, 0.1) is 5.82 Å². The van der Waals surface area contributed by atoms with Crippen molar-refractivity contribution >= 4 is 21.8 Å². The van der Waals surface area contributed by atoms with Crippen LogP contribution in [0.5, 0.6) is 11.5 Å². The van der Waals surface area contributed by atoms with Gasteiger partial charge < -0.3 is 14.8 Å². The number of nitrogens with one attached hydrogen (secondary N) is 1. The number of benzene rings is 2. The molecule has 0 saturated carbocycles. The molecule has 0 aromatic heterocycles. The standard InChI is InChI=1S/C16H15BrFNO3/c1-21-12-3-2-4-13(10-12)22-8-7-19-16(20)14-9-11(17)5-6-15(14)18/h2-6,9-10H,7-8H2,1H3,(H,19,20). The lowest BCUT2D eigenvalue weighted by Crippen LogP contribution is -2.28. The zero-order valence-electron chi connectivity index (χ0n) is 11.9. The molecule has 0 spiro atoms. The van der Waals surface area contributed by atoms with E-state index in [-0.39, 0.29) is 18.7 Å². The smallest absolute Gasteiger partial charge is 0.254 e. The summed E-state index contributed by atoms with van der Waals surface area (Å²) in [6.45, 7) is 0.538. The highest BCUT2D eigenvalue weighted by Gasteiger charge is 2.11. The summed E-state index contributed by atoms with van der Waals surface area (Å²) in [5, 5.41) is 2.61. The molecule has 0 aliphatic carbocycles. The minimum Gasteiger partial charge on any atom is -0.497 e. The minimum atomic E-state index is -0.561. The van der Waals surface area contributed by atoms with E-state index >= 15 is 0 Å². The van der Waals surface area contributed by atoms with E-state index in [9.17, 15) is 9.18 Å². The average Bonchev–Trinajstić information content (AvgIpc) is 2.54. The Morgan fingerprint density at radius 3 is 2.77 bits per heavy atom. The lowest BCUT2D eigenvalue weighted by Gasteiger charge is -2.09. The summed E-state index contributed by atoms with van der Waals surface area (Å²) >= 11 is 3.21. The molecule has 116 valence electrons. The fraction of sp³-hybridized carbons (Fsp3) is 0.188. The molecule has 0 atom stereocenters. The quantitative estimate of drug-likeness (QED) is 0.795. The van der Waals surface area contributed by atoms with Crippen LogP contribution in [-0.2, 0) is 0 Å². The highest BCUT2D eigenvalue weighted by atomic mass is 79.9. The number of hydrogen-bond acceptors (Lipinski definition) is 3. The summed E-state index contributed by atoms with van der Waals surface area (Å²) in [5.41, 5.74) is -0.00393. The van der Waals surface area contributed by atoms with Crippen molar-refractivity contribution in [3.05, 3.63) is 58.3 Å². The van der Waals surface area contributed by atoms with Crippen molar-refractivity contribution in [1.82, 2.24) is 5.32 Å². The Morgan fingerprint density at radius 1 is 1.23 bits per heavy atom. The normalized spacial score (nSPS) is 10.1. The van der Waals surface area contributed by atoms with E-state index in [0.717, 1.165) is 0 Å². The summed E-state index contributed by atoms with van der Waals surface area (Å²) < 4.78 is 24.8. The molecule has 0 heterocycles. The molecule has 0 aliphatic heterocycles. The Labute approximate surface area is 136 Å². The van der Waals surface area contributed by atoms with Gasteiger partial charge >= 0.3 is 0 Å². The zero-order valence-corrected chi connectivity index (χ0v) is 13.5. The number of methoxy groups -OCH3 is 1. The first-order valence-corrected chi connectivity index (χ1v) is 7.39. The predicted octanol–water partition coefficient (Wildman–Crippen LogP) is 3.41. The lowest BCUT2D eigenvalue weighted by atomic mass is 10.2. The number of rotatable bonds is 6. The van der Waals surface area contributed by atoms with E-state index in [1.165, 1.54) is 18.2 Å². The molecule has 0 aliphatic rings. The van der Waals surface area contributed by atoms with E-state index in [0.29, 0.717) is 16.0 Å². The van der Waals surface area contributed by atoms with Crippen molar-refractivity contribution in [2.24, 2.45) is 0 Å². The van der Waals surface area contributed by atoms with Gasteiger partial charge in [-0.05, 0) is 30.3 Å². The summed E-state index contributed by atoms with van der Waals surface area (Å²) in [5.74, 6) is 0.294. The molecule has 1 amide bonds. The maximum absolute atomic E-state index is 13.6. The van der Waals surface area contributed by atoms with Crippen molar-refractivity contribution in [2.75, 3.05) is 20.3 Å². The van der Waals surface area contributed by atoms with Gasteiger partial charge in [-0.1, -0.05) is 22.0 Å². The SMILES string of the molecule is COc1cccc(OCCNC(=O)c2cc(Br)ccc2F)c1. The summed E-state index contributed by atoms with van der Waals surface area (Å²) in [4.78, 5) is 11.9. The van der Waals surface area contributed by atoms with Gasteiger partial charge in [0.05, 0.1) is 19.2 Å². The first kappa shape index (κ1) is 16.3. The average molecular weight is 368 g/mol. The molecule has 0 saturated heterocycles. The second kappa shape index (κ2) is 7.79. The maximum Gasteiger partial charge on any atom is 0.254 e. The van der Waals surface area contributed by atoms with Gasteiger partial charge in [0.15, 0.2) is 0 Å². The molecule has 2 aromatic rings. The number of carbonyl (C=O) groups excluding carboxylic acids is 1. The predicted molar refractivity (Wildman–Crippen MR) is 84.9 cm³/mol. The van der Waals surface area contributed by atoms with Gasteiger partial charge in [-0.3, -0.25) is 4.79 Å². The van der Waals surface area contributed by atoms with Crippen LogP contribution in [0.15, 0.2) is 46.9 Å². The fourth-order valence-corrected chi connectivity index (χ4v) is 2.15. The van der Waals surface area contributed by atoms with Crippen LogP contribution in [0.1, 0.15) is 10.4 Å². The van der Waals surface area contributed by atoms with Crippen molar-refractivity contribution in [3.8, 4) is 11.5 Å². The summed E-state index contributed by atoms with van der Waals surface area (Å²) in [6, 6.07) is 11.4. The molecule has 4 nitrogen and oxygen atoms in total. The first-order chi connectivity index (χ1) is 10.6. The molecule has 6 heteroatoms. The Morgan fingerprint density at radius 2 is 2.00 bits per heavy atom. The molecular formula is C16H15BrFNO3. The van der Waals surface area contributed by atoms with Crippen molar-refractivity contribution in [2.45, 2.75) is 0 Å². The van der Waals surface area contributed by atoms with Crippen LogP contribution in [0.2, 0.25) is 0 Å². The third kappa shape index (κ3) is 4.46. The van der Waals surface area contributed by atoms with Gasteiger partial charge in [0.1, 0.15) is 23.9 Å². The largest absolute Gasteiger partial charge is 0.497 e. The lowest BCUT2D eigenvalue weighted by molar-refractivity contribution is 0.0943. The molecule has 0 fully saturated rings. The summed E-state index contributed by atoms with van der Waals surface area (Å²) in [7, 11) is 1.58. The van der Waals surface area contributed by atoms with Crippen molar-refractivity contribution in [1.29, 1.82) is 0 Å². The number of ether oxygens (including phenoxy) is 2. The van der Waals surface area contributed by atoms with Crippen LogP contribution >= 0.6 is 15.9 Å². The van der Waals surface area contributed by atoms with Crippen LogP contribution in [0.3, 0.4) is 0 Å². The molecule has 22 heavy (non-hydrogen) atoms. The molecular weight excluding hydrogens is 353 g/mol. The van der Waals surface area contributed by atoms with E-state index in [2.05, 4.69) is 21.2 Å². The van der Waals surface area contributed by atoms with Crippen LogP contribution in [0.25, 0.3) is 0 Å². The third-order valence-electron chi connectivity index (χ3n) is 2.87. The van der Waals surface area contributed by atoms with Crippen LogP contribution in [-0.4, -0.2) is 26.2 Å². The molecule has 0 bridgehead atoms. The van der Waals surface area contributed by atoms with Gasteiger partial charge in [0, 0.05) is 10.5 Å². The van der Waals surface area contributed by atoms with E-state index < -0.39 is 11.7 Å². The van der Waals surface area contributed by atoms with Gasteiger partial charge in [-0.2, -0.15) is 0 Å². The molecule has 2 rings (SSSR count). The monoisotopic (exact) mass is 367 g/mol. The van der Waals surface area contributed by atoms with E-state index in [1.807, 2.05) is 12.1 Å². The second-order valence-corrected chi connectivity index (χ2v) is 5.32. The van der Waals surface area contributed by atoms with Gasteiger partial charge in [-0.25, -0.2) is 4.39 Å². The number of hydrogen-bond donors (Lipinski definition) is 1.